The van der Waals surface area contributed by atoms with Crippen LogP contribution in [0.5, 0.6) is 0 Å². The Hall–Kier alpha value is -2.15. The van der Waals surface area contributed by atoms with Gasteiger partial charge in [-0.3, -0.25) is 9.59 Å². The molecule has 0 aliphatic carbocycles. The lowest BCUT2D eigenvalue weighted by Crippen LogP contribution is -2.49. The molecule has 3 aliphatic rings. The molecular weight excluding hydrogens is 361 g/mol. The van der Waals surface area contributed by atoms with Gasteiger partial charge in [-0.1, -0.05) is 0 Å². The number of ether oxygens (including phenoxy) is 1. The van der Waals surface area contributed by atoms with Crippen LogP contribution in [0.2, 0.25) is 0 Å². The normalized spacial score (nSPS) is 24.2. The SMILES string of the molecule is CN(c1ccc(F)cc1)[C@@H]1COC2(CCN(C(=O)CN3CCCC3=O)CC2)C1. The highest BCUT2D eigenvalue weighted by Gasteiger charge is 2.44. The van der Waals surface area contributed by atoms with Crippen molar-refractivity contribution < 1.29 is 18.7 Å². The monoisotopic (exact) mass is 389 g/mol. The Labute approximate surface area is 165 Å². The molecule has 28 heavy (non-hydrogen) atoms. The van der Waals surface area contributed by atoms with Crippen LogP contribution in [0.4, 0.5) is 10.1 Å². The van der Waals surface area contributed by atoms with E-state index in [1.54, 1.807) is 17.0 Å². The minimum Gasteiger partial charge on any atom is -0.373 e. The molecule has 2 amide bonds. The number of carbonyl (C=O) groups is 2. The standard InChI is InChI=1S/C21H28FN3O3/c1-23(17-6-4-16(22)5-7-17)18-13-21(28-15-18)8-11-24(12-9-21)20(27)14-25-10-2-3-19(25)26/h4-7,18H,2-3,8-15H2,1H3/t18-/m0/s1. The zero-order valence-corrected chi connectivity index (χ0v) is 16.4. The van der Waals surface area contributed by atoms with Crippen molar-refractivity contribution in [3.8, 4) is 0 Å². The molecule has 0 radical (unpaired) electrons. The third kappa shape index (κ3) is 3.85. The van der Waals surface area contributed by atoms with Crippen LogP contribution < -0.4 is 4.90 Å². The van der Waals surface area contributed by atoms with Gasteiger partial charge in [0.25, 0.3) is 0 Å². The average molecular weight is 389 g/mol. The van der Waals surface area contributed by atoms with Crippen LogP contribution in [0.15, 0.2) is 24.3 Å². The zero-order valence-electron chi connectivity index (χ0n) is 16.4. The number of piperidine rings is 1. The highest BCUT2D eigenvalue weighted by molar-refractivity contribution is 5.85. The summed E-state index contributed by atoms with van der Waals surface area (Å²) in [5.74, 6) is -0.0975. The molecule has 0 unspecified atom stereocenters. The number of carbonyl (C=O) groups excluding carboxylic acids is 2. The van der Waals surface area contributed by atoms with E-state index >= 15 is 0 Å². The van der Waals surface area contributed by atoms with Crippen LogP contribution in [0, 0.1) is 5.82 Å². The van der Waals surface area contributed by atoms with Crippen molar-refractivity contribution in [3.05, 3.63) is 30.1 Å². The Morgan fingerprint density at radius 3 is 2.61 bits per heavy atom. The van der Waals surface area contributed by atoms with E-state index in [0.29, 0.717) is 32.7 Å². The van der Waals surface area contributed by atoms with Crippen molar-refractivity contribution >= 4 is 17.5 Å². The lowest BCUT2D eigenvalue weighted by molar-refractivity contribution is -0.141. The summed E-state index contributed by atoms with van der Waals surface area (Å²) < 4.78 is 19.4. The summed E-state index contributed by atoms with van der Waals surface area (Å²) >= 11 is 0. The highest BCUT2D eigenvalue weighted by atomic mass is 19.1. The highest BCUT2D eigenvalue weighted by Crippen LogP contribution is 2.38. The van der Waals surface area contributed by atoms with Crippen LogP contribution in [0.3, 0.4) is 0 Å². The number of halogens is 1. The van der Waals surface area contributed by atoms with Gasteiger partial charge in [0, 0.05) is 38.8 Å². The van der Waals surface area contributed by atoms with Crippen LogP contribution in [-0.4, -0.2) is 73.1 Å². The van der Waals surface area contributed by atoms with Gasteiger partial charge in [-0.15, -0.1) is 0 Å². The summed E-state index contributed by atoms with van der Waals surface area (Å²) in [7, 11) is 2.02. The molecule has 6 nitrogen and oxygen atoms in total. The van der Waals surface area contributed by atoms with E-state index in [-0.39, 0.29) is 35.8 Å². The Kier molecular flexibility index (Phi) is 5.27. The van der Waals surface area contributed by atoms with Crippen molar-refractivity contribution in [2.45, 2.75) is 43.7 Å². The van der Waals surface area contributed by atoms with Crippen molar-refractivity contribution in [2.24, 2.45) is 0 Å². The molecular formula is C21H28FN3O3. The van der Waals surface area contributed by atoms with E-state index in [1.165, 1.54) is 12.1 Å². The minimum atomic E-state index is -0.232. The van der Waals surface area contributed by atoms with E-state index < -0.39 is 0 Å². The molecule has 1 aromatic rings. The van der Waals surface area contributed by atoms with Gasteiger partial charge in [0.05, 0.1) is 24.8 Å². The second kappa shape index (κ2) is 7.70. The number of hydrogen-bond donors (Lipinski definition) is 0. The molecule has 3 fully saturated rings. The van der Waals surface area contributed by atoms with Crippen molar-refractivity contribution in [1.29, 1.82) is 0 Å². The molecule has 0 bridgehead atoms. The minimum absolute atomic E-state index is 0.0445. The van der Waals surface area contributed by atoms with Crippen LogP contribution >= 0.6 is 0 Å². The Bertz CT molecular complexity index is 731. The van der Waals surface area contributed by atoms with Crippen molar-refractivity contribution in [2.75, 3.05) is 44.7 Å². The lowest BCUT2D eigenvalue weighted by atomic mass is 9.87. The number of benzene rings is 1. The summed E-state index contributed by atoms with van der Waals surface area (Å²) in [6.45, 7) is 2.90. The third-order valence-corrected chi connectivity index (χ3v) is 6.50. The second-order valence-electron chi connectivity index (χ2n) is 8.24. The summed E-state index contributed by atoms with van der Waals surface area (Å²) in [6, 6.07) is 6.79. The molecule has 3 aliphatic heterocycles. The van der Waals surface area contributed by atoms with Gasteiger partial charge in [0.2, 0.25) is 11.8 Å². The molecule has 3 heterocycles. The Balaban J connectivity index is 1.30. The fourth-order valence-electron chi connectivity index (χ4n) is 4.60. The van der Waals surface area contributed by atoms with Gasteiger partial charge < -0.3 is 19.4 Å². The number of likely N-dealkylation sites (tertiary alicyclic amines) is 2. The van der Waals surface area contributed by atoms with Crippen LogP contribution in [0.25, 0.3) is 0 Å². The molecule has 7 heteroatoms. The number of likely N-dealkylation sites (N-methyl/N-ethyl adjacent to an activating group) is 1. The lowest BCUT2D eigenvalue weighted by Gasteiger charge is -2.39. The number of nitrogens with zero attached hydrogens (tertiary/aromatic N) is 3. The zero-order chi connectivity index (χ0) is 19.7. The number of amides is 2. The number of anilines is 1. The smallest absolute Gasteiger partial charge is 0.242 e. The van der Waals surface area contributed by atoms with Crippen molar-refractivity contribution in [1.82, 2.24) is 9.80 Å². The van der Waals surface area contributed by atoms with Crippen LogP contribution in [-0.2, 0) is 14.3 Å². The summed E-state index contributed by atoms with van der Waals surface area (Å²) in [5, 5.41) is 0. The van der Waals surface area contributed by atoms with Gasteiger partial charge in [-0.2, -0.15) is 0 Å². The number of rotatable bonds is 4. The van der Waals surface area contributed by atoms with Gasteiger partial charge in [-0.05, 0) is 49.9 Å². The molecule has 1 aromatic carbocycles. The fourth-order valence-corrected chi connectivity index (χ4v) is 4.60. The topological polar surface area (TPSA) is 53.1 Å². The van der Waals surface area contributed by atoms with E-state index in [9.17, 15) is 14.0 Å². The molecule has 4 rings (SSSR count). The summed E-state index contributed by atoms with van der Waals surface area (Å²) in [5.41, 5.74) is 0.800. The Morgan fingerprint density at radius 2 is 1.96 bits per heavy atom. The molecule has 1 spiro atoms. The maximum atomic E-state index is 13.2. The summed E-state index contributed by atoms with van der Waals surface area (Å²) in [6.07, 6.45) is 3.97. The molecule has 152 valence electrons. The van der Waals surface area contributed by atoms with E-state index in [2.05, 4.69) is 4.90 Å². The van der Waals surface area contributed by atoms with E-state index in [4.69, 9.17) is 4.74 Å². The van der Waals surface area contributed by atoms with Crippen molar-refractivity contribution in [3.63, 3.8) is 0 Å². The average Bonchev–Trinajstić information content (AvgIpc) is 3.29. The van der Waals surface area contributed by atoms with Gasteiger partial charge >= 0.3 is 0 Å². The maximum absolute atomic E-state index is 13.2. The fraction of sp³-hybridized carbons (Fsp3) is 0.619. The molecule has 3 saturated heterocycles. The first-order valence-electron chi connectivity index (χ1n) is 10.1. The maximum Gasteiger partial charge on any atom is 0.242 e. The molecule has 0 saturated carbocycles. The predicted molar refractivity (Wildman–Crippen MR) is 104 cm³/mol. The Morgan fingerprint density at radius 1 is 1.25 bits per heavy atom. The van der Waals surface area contributed by atoms with E-state index in [0.717, 1.165) is 31.4 Å². The second-order valence-corrected chi connectivity index (χ2v) is 8.24. The molecule has 0 N–H and O–H groups in total. The first-order chi connectivity index (χ1) is 13.5. The largest absolute Gasteiger partial charge is 0.373 e. The molecule has 1 atom stereocenters. The number of hydrogen-bond acceptors (Lipinski definition) is 4. The molecule has 0 aromatic heterocycles. The first-order valence-corrected chi connectivity index (χ1v) is 10.1. The summed E-state index contributed by atoms with van der Waals surface area (Å²) in [4.78, 5) is 30.0. The predicted octanol–water partition coefficient (Wildman–Crippen LogP) is 2.03. The van der Waals surface area contributed by atoms with Gasteiger partial charge in [0.15, 0.2) is 0 Å². The van der Waals surface area contributed by atoms with E-state index in [1.807, 2.05) is 11.9 Å². The first kappa shape index (κ1) is 19.2. The third-order valence-electron chi connectivity index (χ3n) is 6.50. The quantitative estimate of drug-likeness (QED) is 0.791. The van der Waals surface area contributed by atoms with Gasteiger partial charge in [0.1, 0.15) is 5.82 Å². The van der Waals surface area contributed by atoms with Gasteiger partial charge in [-0.25, -0.2) is 4.39 Å². The van der Waals surface area contributed by atoms with Crippen LogP contribution in [0.1, 0.15) is 32.1 Å².